The smallest absolute Gasteiger partial charge is 0.0966 e. The molecule has 0 saturated carbocycles. The van der Waals surface area contributed by atoms with Crippen LogP contribution in [0.3, 0.4) is 0 Å². The van der Waals surface area contributed by atoms with Gasteiger partial charge in [-0.2, -0.15) is 0 Å². The molecule has 1 aromatic rings. The van der Waals surface area contributed by atoms with Crippen LogP contribution in [0.25, 0.3) is 0 Å². The van der Waals surface area contributed by atoms with Crippen LogP contribution in [-0.2, 0) is 16.1 Å². The standard InChI is InChI=1S/C15H23NO2/c1-2-9-16-14-8-10-17-12-15(14)18-11-13-6-4-3-5-7-13/h3-7,14-16H,2,8-12H2,1H3. The quantitative estimate of drug-likeness (QED) is 0.839. The molecule has 0 aromatic heterocycles. The summed E-state index contributed by atoms with van der Waals surface area (Å²) in [7, 11) is 0. The van der Waals surface area contributed by atoms with Crippen LogP contribution in [0.1, 0.15) is 25.3 Å². The lowest BCUT2D eigenvalue weighted by atomic mass is 10.1. The van der Waals surface area contributed by atoms with Gasteiger partial charge in [0.1, 0.15) is 0 Å². The van der Waals surface area contributed by atoms with Crippen molar-refractivity contribution in [2.24, 2.45) is 0 Å². The van der Waals surface area contributed by atoms with Crippen LogP contribution in [0, 0.1) is 0 Å². The number of rotatable bonds is 6. The van der Waals surface area contributed by atoms with Crippen molar-refractivity contribution in [2.75, 3.05) is 19.8 Å². The van der Waals surface area contributed by atoms with E-state index in [4.69, 9.17) is 9.47 Å². The summed E-state index contributed by atoms with van der Waals surface area (Å²) < 4.78 is 11.5. The average molecular weight is 249 g/mol. The molecule has 0 spiro atoms. The van der Waals surface area contributed by atoms with Crippen molar-refractivity contribution in [3.05, 3.63) is 35.9 Å². The first-order chi connectivity index (χ1) is 8.90. The molecule has 2 unspecified atom stereocenters. The second-order valence-corrected chi connectivity index (χ2v) is 4.76. The number of hydrogen-bond acceptors (Lipinski definition) is 3. The zero-order chi connectivity index (χ0) is 12.6. The average Bonchev–Trinajstić information content (AvgIpc) is 2.45. The maximum atomic E-state index is 5.99. The van der Waals surface area contributed by atoms with Gasteiger partial charge in [0.15, 0.2) is 0 Å². The summed E-state index contributed by atoms with van der Waals surface area (Å²) in [6.45, 7) is 5.45. The molecule has 18 heavy (non-hydrogen) atoms. The van der Waals surface area contributed by atoms with Crippen molar-refractivity contribution in [2.45, 2.75) is 38.5 Å². The Morgan fingerprint density at radius 2 is 2.17 bits per heavy atom. The van der Waals surface area contributed by atoms with E-state index in [2.05, 4.69) is 24.4 Å². The molecular weight excluding hydrogens is 226 g/mol. The van der Waals surface area contributed by atoms with Gasteiger partial charge >= 0.3 is 0 Å². The van der Waals surface area contributed by atoms with E-state index in [0.29, 0.717) is 19.3 Å². The fourth-order valence-corrected chi connectivity index (χ4v) is 2.22. The summed E-state index contributed by atoms with van der Waals surface area (Å²) in [5.74, 6) is 0. The second-order valence-electron chi connectivity index (χ2n) is 4.76. The van der Waals surface area contributed by atoms with Crippen LogP contribution in [0.5, 0.6) is 0 Å². The van der Waals surface area contributed by atoms with E-state index in [1.165, 1.54) is 5.56 Å². The highest BCUT2D eigenvalue weighted by atomic mass is 16.5. The Morgan fingerprint density at radius 1 is 1.33 bits per heavy atom. The van der Waals surface area contributed by atoms with E-state index in [1.54, 1.807) is 0 Å². The summed E-state index contributed by atoms with van der Waals surface area (Å²) in [5.41, 5.74) is 1.22. The third kappa shape index (κ3) is 4.09. The molecule has 1 saturated heterocycles. The monoisotopic (exact) mass is 249 g/mol. The molecule has 3 nitrogen and oxygen atoms in total. The van der Waals surface area contributed by atoms with Gasteiger partial charge in [-0.05, 0) is 24.9 Å². The molecule has 1 aromatic carbocycles. The molecule has 0 bridgehead atoms. The molecule has 1 aliphatic heterocycles. The van der Waals surface area contributed by atoms with Crippen LogP contribution in [0.2, 0.25) is 0 Å². The first-order valence-corrected chi connectivity index (χ1v) is 6.87. The normalized spacial score (nSPS) is 24.1. The van der Waals surface area contributed by atoms with Crippen molar-refractivity contribution in [1.82, 2.24) is 5.32 Å². The predicted molar refractivity (Wildman–Crippen MR) is 72.5 cm³/mol. The number of nitrogens with one attached hydrogen (secondary N) is 1. The minimum Gasteiger partial charge on any atom is -0.379 e. The van der Waals surface area contributed by atoms with Crippen molar-refractivity contribution >= 4 is 0 Å². The van der Waals surface area contributed by atoms with Gasteiger partial charge < -0.3 is 14.8 Å². The SMILES string of the molecule is CCCNC1CCOCC1OCc1ccccc1. The minimum absolute atomic E-state index is 0.172. The van der Waals surface area contributed by atoms with Gasteiger partial charge in [-0.3, -0.25) is 0 Å². The second kappa shape index (κ2) is 7.52. The zero-order valence-corrected chi connectivity index (χ0v) is 11.1. The fraction of sp³-hybridized carbons (Fsp3) is 0.600. The Kier molecular flexibility index (Phi) is 5.65. The first kappa shape index (κ1) is 13.5. The largest absolute Gasteiger partial charge is 0.379 e. The number of benzene rings is 1. The summed E-state index contributed by atoms with van der Waals surface area (Å²) in [4.78, 5) is 0. The Balaban J connectivity index is 1.81. The Hall–Kier alpha value is -0.900. The van der Waals surface area contributed by atoms with Gasteiger partial charge in [0, 0.05) is 12.6 Å². The molecule has 0 aliphatic carbocycles. The van der Waals surface area contributed by atoms with Gasteiger partial charge in [0.05, 0.1) is 19.3 Å². The Bertz CT molecular complexity index is 329. The molecule has 1 N–H and O–H groups in total. The summed E-state index contributed by atoms with van der Waals surface area (Å²) >= 11 is 0. The predicted octanol–water partition coefficient (Wildman–Crippen LogP) is 2.36. The Labute approximate surface area is 109 Å². The molecule has 3 heteroatoms. The third-order valence-corrected chi connectivity index (χ3v) is 3.27. The topological polar surface area (TPSA) is 30.5 Å². The fourth-order valence-electron chi connectivity index (χ4n) is 2.22. The first-order valence-electron chi connectivity index (χ1n) is 6.87. The van der Waals surface area contributed by atoms with E-state index in [9.17, 15) is 0 Å². The molecular formula is C15H23NO2. The molecule has 2 rings (SSSR count). The highest BCUT2D eigenvalue weighted by molar-refractivity contribution is 5.13. The molecule has 1 heterocycles. The Morgan fingerprint density at radius 3 is 2.94 bits per heavy atom. The molecule has 1 aliphatic rings. The molecule has 1 fully saturated rings. The van der Waals surface area contributed by atoms with Crippen molar-refractivity contribution in [1.29, 1.82) is 0 Å². The van der Waals surface area contributed by atoms with Crippen LogP contribution >= 0.6 is 0 Å². The summed E-state index contributed by atoms with van der Waals surface area (Å²) in [5, 5.41) is 3.55. The van der Waals surface area contributed by atoms with E-state index in [-0.39, 0.29) is 6.10 Å². The zero-order valence-electron chi connectivity index (χ0n) is 11.1. The van der Waals surface area contributed by atoms with Gasteiger partial charge in [0.25, 0.3) is 0 Å². The molecule has 0 radical (unpaired) electrons. The lowest BCUT2D eigenvalue weighted by molar-refractivity contribution is -0.0754. The van der Waals surface area contributed by atoms with Gasteiger partial charge in [-0.1, -0.05) is 37.3 Å². The van der Waals surface area contributed by atoms with E-state index >= 15 is 0 Å². The maximum Gasteiger partial charge on any atom is 0.0966 e. The lowest BCUT2D eigenvalue weighted by Gasteiger charge is -2.32. The maximum absolute atomic E-state index is 5.99. The van der Waals surface area contributed by atoms with E-state index < -0.39 is 0 Å². The highest BCUT2D eigenvalue weighted by Gasteiger charge is 2.25. The number of hydrogen-bond donors (Lipinski definition) is 1. The van der Waals surface area contributed by atoms with Crippen molar-refractivity contribution in [3.63, 3.8) is 0 Å². The van der Waals surface area contributed by atoms with E-state index in [0.717, 1.165) is 26.0 Å². The van der Waals surface area contributed by atoms with Crippen molar-refractivity contribution < 1.29 is 9.47 Å². The highest BCUT2D eigenvalue weighted by Crippen LogP contribution is 2.14. The third-order valence-electron chi connectivity index (χ3n) is 3.27. The van der Waals surface area contributed by atoms with Crippen LogP contribution in [-0.4, -0.2) is 31.9 Å². The van der Waals surface area contributed by atoms with Gasteiger partial charge in [-0.25, -0.2) is 0 Å². The van der Waals surface area contributed by atoms with E-state index in [1.807, 2.05) is 18.2 Å². The van der Waals surface area contributed by atoms with Crippen LogP contribution in [0.15, 0.2) is 30.3 Å². The molecule has 0 amide bonds. The van der Waals surface area contributed by atoms with Gasteiger partial charge in [-0.15, -0.1) is 0 Å². The van der Waals surface area contributed by atoms with Crippen LogP contribution in [0.4, 0.5) is 0 Å². The summed E-state index contributed by atoms with van der Waals surface area (Å²) in [6.07, 6.45) is 2.37. The van der Waals surface area contributed by atoms with Crippen LogP contribution < -0.4 is 5.32 Å². The molecule has 100 valence electrons. The molecule has 2 atom stereocenters. The minimum atomic E-state index is 0.172. The summed E-state index contributed by atoms with van der Waals surface area (Å²) in [6, 6.07) is 10.7. The lowest BCUT2D eigenvalue weighted by Crippen LogP contribution is -2.48. The van der Waals surface area contributed by atoms with Gasteiger partial charge in [0.2, 0.25) is 0 Å². The number of ether oxygens (including phenoxy) is 2. The van der Waals surface area contributed by atoms with Crippen molar-refractivity contribution in [3.8, 4) is 0 Å².